The number of hydrogen-bond acceptors (Lipinski definition) is 5. The highest BCUT2D eigenvalue weighted by Gasteiger charge is 2.59. The van der Waals surface area contributed by atoms with Gasteiger partial charge in [-0.3, -0.25) is 0 Å². The van der Waals surface area contributed by atoms with E-state index in [-0.39, 0.29) is 29.7 Å². The molecule has 0 amide bonds. The smallest absolute Gasteiger partial charge is 0.344 e. The quantitative estimate of drug-likeness (QED) is 0.155. The molecule has 0 spiro atoms. The molecule has 1 aromatic carbocycles. The molecule has 5 aliphatic rings. The minimum atomic E-state index is -0.326. The summed E-state index contributed by atoms with van der Waals surface area (Å²) >= 11 is 0. The van der Waals surface area contributed by atoms with Gasteiger partial charge in [-0.15, -0.1) is 0 Å². The number of esters is 1. The van der Waals surface area contributed by atoms with Crippen LogP contribution in [0.4, 0.5) is 0 Å². The molecule has 7 rings (SSSR count). The van der Waals surface area contributed by atoms with Crippen molar-refractivity contribution in [2.24, 2.45) is 46.3 Å². The first-order valence-corrected chi connectivity index (χ1v) is 19.2. The number of benzene rings is 1. The largest absolute Gasteiger partial charge is 0.482 e. The first kappa shape index (κ1) is 33.0. The van der Waals surface area contributed by atoms with Gasteiger partial charge in [0.25, 0.3) is 0 Å². The van der Waals surface area contributed by atoms with Gasteiger partial charge in [0.15, 0.2) is 6.61 Å². The molecular weight excluding hydrogens is 584 g/mol. The molecule has 0 saturated heterocycles. The molecule has 3 saturated carbocycles. The maximum atomic E-state index is 13.0. The van der Waals surface area contributed by atoms with E-state index in [1.54, 1.807) is 6.07 Å². The van der Waals surface area contributed by atoms with Gasteiger partial charge in [-0.05, 0) is 135 Å². The minimum absolute atomic E-state index is 0.0838. The molecule has 1 aromatic heterocycles. The Hall–Kier alpha value is -2.56. The molecule has 2 aromatic rings. The number of fused-ring (bicyclic) bond motifs is 8. The molecule has 0 N–H and O–H groups in total. The third-order valence-corrected chi connectivity index (χ3v) is 14.1. The fraction of sp³-hybridized carbons (Fsp3) is 0.714. The van der Waals surface area contributed by atoms with Crippen molar-refractivity contribution in [1.82, 2.24) is 0 Å². The van der Waals surface area contributed by atoms with Crippen molar-refractivity contribution >= 4 is 16.9 Å². The third kappa shape index (κ3) is 6.12. The molecule has 5 aliphatic carbocycles. The Bertz CT molecular complexity index is 1570. The summed E-state index contributed by atoms with van der Waals surface area (Å²) in [5, 5.41) is 0.976. The molecule has 0 radical (unpaired) electrons. The summed E-state index contributed by atoms with van der Waals surface area (Å²) in [6.07, 6.45) is 20.1. The second kappa shape index (κ2) is 13.0. The highest BCUT2D eigenvalue weighted by Crippen LogP contribution is 2.67. The zero-order valence-corrected chi connectivity index (χ0v) is 29.7. The first-order chi connectivity index (χ1) is 22.6. The van der Waals surface area contributed by atoms with E-state index in [1.807, 2.05) is 12.1 Å². The lowest BCUT2D eigenvalue weighted by Crippen LogP contribution is -2.51. The molecule has 5 nitrogen and oxygen atoms in total. The van der Waals surface area contributed by atoms with Crippen molar-refractivity contribution in [3.05, 3.63) is 51.4 Å². The zero-order valence-electron chi connectivity index (χ0n) is 29.7. The average molecular weight is 643 g/mol. The van der Waals surface area contributed by atoms with E-state index in [1.165, 1.54) is 56.9 Å². The van der Waals surface area contributed by atoms with Crippen LogP contribution in [-0.2, 0) is 22.4 Å². The lowest BCUT2D eigenvalue weighted by atomic mass is 9.47. The van der Waals surface area contributed by atoms with Crippen LogP contribution in [0.2, 0.25) is 0 Å². The van der Waals surface area contributed by atoms with Gasteiger partial charge in [-0.25, -0.2) is 9.59 Å². The topological polar surface area (TPSA) is 65.7 Å². The Kier molecular flexibility index (Phi) is 9.15. The van der Waals surface area contributed by atoms with Crippen molar-refractivity contribution in [3.63, 3.8) is 0 Å². The Morgan fingerprint density at radius 3 is 2.60 bits per heavy atom. The number of hydrogen-bond donors (Lipinski definition) is 0. The predicted molar refractivity (Wildman–Crippen MR) is 188 cm³/mol. The van der Waals surface area contributed by atoms with E-state index in [2.05, 4.69) is 40.7 Å². The highest BCUT2D eigenvalue weighted by atomic mass is 16.6. The standard InChI is InChI=1S/C42H58O5/c1-26(2)9-8-10-27(3)35-17-18-36-34-15-13-28-23-30(19-21-41(28,4)37(34)20-22-42(35,36)5)46-39(43)25-45-29-14-16-32-31-11-6-7-12-33(31)40(44)47-38(32)24-29/h13-14,16,24,26-27,30,34-37H,6-12,15,17-23,25H2,1-5H3/t27-,30-,34+,35-,36+,37+,41-,42-/m0/s1. The summed E-state index contributed by atoms with van der Waals surface area (Å²) < 4.78 is 17.5. The monoisotopic (exact) mass is 642 g/mol. The van der Waals surface area contributed by atoms with Crippen molar-refractivity contribution in [2.45, 2.75) is 137 Å². The molecule has 8 atom stereocenters. The lowest BCUT2D eigenvalue weighted by Gasteiger charge is -2.58. The molecule has 47 heavy (non-hydrogen) atoms. The second-order valence-electron chi connectivity index (χ2n) is 17.1. The molecule has 3 fully saturated rings. The van der Waals surface area contributed by atoms with Crippen LogP contribution in [0.3, 0.4) is 0 Å². The molecule has 0 aliphatic heterocycles. The van der Waals surface area contributed by atoms with Crippen LogP contribution < -0.4 is 10.4 Å². The van der Waals surface area contributed by atoms with Gasteiger partial charge in [-0.1, -0.05) is 65.5 Å². The first-order valence-electron chi connectivity index (χ1n) is 19.2. The molecule has 0 unspecified atom stereocenters. The van der Waals surface area contributed by atoms with Gasteiger partial charge < -0.3 is 13.9 Å². The van der Waals surface area contributed by atoms with Crippen LogP contribution in [0.5, 0.6) is 5.75 Å². The number of carbonyl (C=O) groups excluding carboxylic acids is 1. The summed E-state index contributed by atoms with van der Waals surface area (Å²) in [6.45, 7) is 12.3. The van der Waals surface area contributed by atoms with E-state index in [9.17, 15) is 9.59 Å². The number of allylic oxidation sites excluding steroid dienone is 1. The molecule has 5 heteroatoms. The van der Waals surface area contributed by atoms with Crippen molar-refractivity contribution in [1.29, 1.82) is 0 Å². The molecule has 256 valence electrons. The van der Waals surface area contributed by atoms with E-state index < -0.39 is 0 Å². The number of aryl methyl sites for hydroxylation is 1. The maximum Gasteiger partial charge on any atom is 0.344 e. The summed E-state index contributed by atoms with van der Waals surface area (Å²) in [6, 6.07) is 5.57. The number of ether oxygens (including phenoxy) is 2. The van der Waals surface area contributed by atoms with E-state index in [0.29, 0.717) is 16.7 Å². The summed E-state index contributed by atoms with van der Waals surface area (Å²) in [5.74, 6) is 5.15. The minimum Gasteiger partial charge on any atom is -0.482 e. The van der Waals surface area contributed by atoms with Crippen LogP contribution in [0, 0.1) is 46.3 Å². The van der Waals surface area contributed by atoms with E-state index in [0.717, 1.165) is 97.0 Å². The SMILES string of the molecule is CC(C)CCC[C@H](C)[C@@H]1CC[C@@H]2[C@H]3CC=C4C[C@@H](OC(=O)COc5ccc6c7c(c(=O)oc6c5)CCCC7)CC[C@]4(C)[C@@H]3CC[C@]21C. The Balaban J connectivity index is 0.953. The summed E-state index contributed by atoms with van der Waals surface area (Å²) in [4.78, 5) is 25.5. The number of carbonyl (C=O) groups is 1. The number of rotatable bonds is 9. The maximum absolute atomic E-state index is 13.0. The van der Waals surface area contributed by atoms with Crippen molar-refractivity contribution in [2.75, 3.05) is 6.61 Å². The highest BCUT2D eigenvalue weighted by molar-refractivity contribution is 5.83. The van der Waals surface area contributed by atoms with Gasteiger partial charge in [-0.2, -0.15) is 0 Å². The Morgan fingerprint density at radius 1 is 0.979 bits per heavy atom. The van der Waals surface area contributed by atoms with Gasteiger partial charge in [0.05, 0.1) is 0 Å². The van der Waals surface area contributed by atoms with Crippen LogP contribution in [0.25, 0.3) is 11.0 Å². The average Bonchev–Trinajstić information content (AvgIpc) is 3.41. The van der Waals surface area contributed by atoms with E-state index >= 15 is 0 Å². The van der Waals surface area contributed by atoms with Crippen molar-refractivity contribution in [3.8, 4) is 5.75 Å². The second-order valence-corrected chi connectivity index (χ2v) is 17.1. The molecule has 0 bridgehead atoms. The fourth-order valence-electron chi connectivity index (χ4n) is 11.6. The van der Waals surface area contributed by atoms with Gasteiger partial charge in [0.2, 0.25) is 0 Å². The van der Waals surface area contributed by atoms with Crippen LogP contribution in [-0.4, -0.2) is 18.7 Å². The Morgan fingerprint density at radius 2 is 1.79 bits per heavy atom. The van der Waals surface area contributed by atoms with Gasteiger partial charge in [0.1, 0.15) is 17.4 Å². The van der Waals surface area contributed by atoms with Crippen LogP contribution in [0.15, 0.2) is 39.1 Å². The third-order valence-electron chi connectivity index (χ3n) is 14.1. The summed E-state index contributed by atoms with van der Waals surface area (Å²) in [5.41, 5.74) is 4.49. The predicted octanol–water partition coefficient (Wildman–Crippen LogP) is 10.0. The van der Waals surface area contributed by atoms with Gasteiger partial charge in [0, 0.05) is 23.4 Å². The molecular formula is C42H58O5. The Labute approximate surface area is 282 Å². The fourth-order valence-corrected chi connectivity index (χ4v) is 11.6. The summed E-state index contributed by atoms with van der Waals surface area (Å²) in [7, 11) is 0. The van der Waals surface area contributed by atoms with Crippen LogP contribution >= 0.6 is 0 Å². The van der Waals surface area contributed by atoms with Crippen LogP contribution in [0.1, 0.15) is 129 Å². The zero-order chi connectivity index (χ0) is 32.9. The van der Waals surface area contributed by atoms with Crippen molar-refractivity contribution < 1.29 is 18.7 Å². The van der Waals surface area contributed by atoms with E-state index in [4.69, 9.17) is 13.9 Å². The normalized spacial score (nSPS) is 33.7. The van der Waals surface area contributed by atoms with Gasteiger partial charge >= 0.3 is 11.6 Å². The molecule has 1 heterocycles. The lowest BCUT2D eigenvalue weighted by molar-refractivity contribution is -0.153.